The summed E-state index contributed by atoms with van der Waals surface area (Å²) in [5.74, 6) is -0.103. The van der Waals surface area contributed by atoms with Gasteiger partial charge in [0.1, 0.15) is 18.3 Å². The lowest BCUT2D eigenvalue weighted by Crippen LogP contribution is -2.51. The maximum Gasteiger partial charge on any atom is 0.244 e. The first-order valence-corrected chi connectivity index (χ1v) is 12.1. The second-order valence-electron chi connectivity index (χ2n) is 7.46. The molecule has 2 aromatic carbocycles. The Morgan fingerprint density at radius 1 is 1.09 bits per heavy atom. The lowest BCUT2D eigenvalue weighted by atomic mass is 10.1. The van der Waals surface area contributed by atoms with Crippen molar-refractivity contribution in [2.24, 2.45) is 0 Å². The fourth-order valence-corrected chi connectivity index (χ4v) is 4.36. The van der Waals surface area contributed by atoms with Crippen molar-refractivity contribution in [1.29, 1.82) is 0 Å². The summed E-state index contributed by atoms with van der Waals surface area (Å²) in [5, 5.41) is 2.60. The van der Waals surface area contributed by atoms with Gasteiger partial charge < -0.3 is 15.0 Å². The molecule has 0 aromatic heterocycles. The van der Waals surface area contributed by atoms with Gasteiger partial charge >= 0.3 is 0 Å². The normalized spacial score (nSPS) is 12.0. The summed E-state index contributed by atoms with van der Waals surface area (Å²) in [6, 6.07) is 13.4. The number of methoxy groups -OCH3 is 1. The number of para-hydroxylation sites is 1. The highest BCUT2D eigenvalue weighted by atomic mass is 32.2. The molecule has 0 saturated carbocycles. The van der Waals surface area contributed by atoms with Gasteiger partial charge in [-0.1, -0.05) is 37.3 Å². The van der Waals surface area contributed by atoms with Gasteiger partial charge in [-0.3, -0.25) is 13.9 Å². The number of hydrogen-bond acceptors (Lipinski definition) is 5. The van der Waals surface area contributed by atoms with Gasteiger partial charge in [0.25, 0.3) is 0 Å². The highest BCUT2D eigenvalue weighted by Gasteiger charge is 2.31. The maximum atomic E-state index is 13.4. The second kappa shape index (κ2) is 11.0. The van der Waals surface area contributed by atoms with Gasteiger partial charge in [0.05, 0.1) is 19.1 Å². The Labute approximate surface area is 190 Å². The van der Waals surface area contributed by atoms with Gasteiger partial charge in [0.15, 0.2) is 0 Å². The molecular formula is C23H31N3O5S. The molecule has 8 nitrogen and oxygen atoms in total. The summed E-state index contributed by atoms with van der Waals surface area (Å²) in [6.45, 7) is 3.34. The van der Waals surface area contributed by atoms with Crippen molar-refractivity contribution in [3.8, 4) is 5.75 Å². The molecule has 0 unspecified atom stereocenters. The molecule has 1 N–H and O–H groups in total. The number of benzene rings is 2. The Morgan fingerprint density at radius 2 is 1.72 bits per heavy atom. The summed E-state index contributed by atoms with van der Waals surface area (Å²) < 4.78 is 31.4. The van der Waals surface area contributed by atoms with Crippen molar-refractivity contribution >= 4 is 27.5 Å². The zero-order valence-corrected chi connectivity index (χ0v) is 20.0. The van der Waals surface area contributed by atoms with Crippen molar-refractivity contribution < 1.29 is 22.7 Å². The molecule has 2 amide bonds. The number of carbonyl (C=O) groups excluding carboxylic acids is 2. The zero-order chi connectivity index (χ0) is 23.9. The van der Waals surface area contributed by atoms with E-state index in [2.05, 4.69) is 5.32 Å². The molecule has 0 saturated heterocycles. The van der Waals surface area contributed by atoms with Crippen molar-refractivity contribution in [3.63, 3.8) is 0 Å². The largest absolute Gasteiger partial charge is 0.497 e. The number of sulfonamides is 1. The standard InChI is InChI=1S/C23H31N3O5S/c1-6-20(23(28)24-3)25(15-18-11-13-19(31-4)14-12-18)22(27)16-26(32(5,29)30)21-10-8-7-9-17(21)2/h7-14,20H,6,15-16H2,1-5H3,(H,24,28)/t20-/m1/s1. The Balaban J connectivity index is 2.42. The van der Waals surface area contributed by atoms with E-state index in [0.29, 0.717) is 17.9 Å². The summed E-state index contributed by atoms with van der Waals surface area (Å²) in [7, 11) is -0.665. The van der Waals surface area contributed by atoms with Crippen molar-refractivity contribution in [1.82, 2.24) is 10.2 Å². The minimum absolute atomic E-state index is 0.153. The molecular weight excluding hydrogens is 430 g/mol. The molecule has 0 aliphatic rings. The van der Waals surface area contributed by atoms with Crippen LogP contribution in [-0.2, 0) is 26.2 Å². The van der Waals surface area contributed by atoms with E-state index in [1.807, 2.05) is 19.1 Å². The van der Waals surface area contributed by atoms with Gasteiger partial charge in [0.2, 0.25) is 21.8 Å². The first-order valence-electron chi connectivity index (χ1n) is 10.3. The number of nitrogens with zero attached hydrogens (tertiary/aromatic N) is 2. The first kappa shape index (κ1) is 25.2. The van der Waals surface area contributed by atoms with Crippen LogP contribution in [0.4, 0.5) is 5.69 Å². The average molecular weight is 462 g/mol. The van der Waals surface area contributed by atoms with E-state index < -0.39 is 28.5 Å². The quantitative estimate of drug-likeness (QED) is 0.586. The van der Waals surface area contributed by atoms with E-state index in [1.165, 1.54) is 11.9 Å². The fourth-order valence-electron chi connectivity index (χ4n) is 3.45. The van der Waals surface area contributed by atoms with Gasteiger partial charge in [-0.15, -0.1) is 0 Å². The third-order valence-electron chi connectivity index (χ3n) is 5.21. The Hall–Kier alpha value is -3.07. The molecule has 174 valence electrons. The smallest absolute Gasteiger partial charge is 0.244 e. The lowest BCUT2D eigenvalue weighted by molar-refractivity contribution is -0.140. The molecule has 0 fully saturated rings. The number of anilines is 1. The third kappa shape index (κ3) is 6.23. The van der Waals surface area contributed by atoms with Crippen LogP contribution in [0.5, 0.6) is 5.75 Å². The van der Waals surface area contributed by atoms with E-state index >= 15 is 0 Å². The highest BCUT2D eigenvalue weighted by molar-refractivity contribution is 7.92. The van der Waals surface area contributed by atoms with E-state index in [1.54, 1.807) is 50.4 Å². The molecule has 2 rings (SSSR count). The van der Waals surface area contributed by atoms with Crippen LogP contribution in [0.15, 0.2) is 48.5 Å². The number of hydrogen-bond donors (Lipinski definition) is 1. The third-order valence-corrected chi connectivity index (χ3v) is 6.33. The van der Waals surface area contributed by atoms with Crippen LogP contribution >= 0.6 is 0 Å². The molecule has 32 heavy (non-hydrogen) atoms. The monoisotopic (exact) mass is 461 g/mol. The number of amides is 2. The summed E-state index contributed by atoms with van der Waals surface area (Å²) in [6.07, 6.45) is 1.45. The predicted molar refractivity (Wildman–Crippen MR) is 125 cm³/mol. The molecule has 0 aliphatic heterocycles. The van der Waals surface area contributed by atoms with E-state index in [-0.39, 0.29) is 12.5 Å². The van der Waals surface area contributed by atoms with Crippen LogP contribution in [0.1, 0.15) is 24.5 Å². The molecule has 1 atom stereocenters. The van der Waals surface area contributed by atoms with Crippen LogP contribution in [0.3, 0.4) is 0 Å². The summed E-state index contributed by atoms with van der Waals surface area (Å²) >= 11 is 0. The van der Waals surface area contributed by atoms with Crippen molar-refractivity contribution in [3.05, 3.63) is 59.7 Å². The number of carbonyl (C=O) groups is 2. The van der Waals surface area contributed by atoms with Crippen LogP contribution in [0, 0.1) is 6.92 Å². The van der Waals surface area contributed by atoms with Crippen molar-refractivity contribution in [2.45, 2.75) is 32.9 Å². The molecule has 0 aliphatic carbocycles. The summed E-state index contributed by atoms with van der Waals surface area (Å²) in [4.78, 5) is 27.4. The molecule has 2 aromatic rings. The topological polar surface area (TPSA) is 96.0 Å². The molecule has 0 bridgehead atoms. The fraction of sp³-hybridized carbons (Fsp3) is 0.391. The molecule has 9 heteroatoms. The zero-order valence-electron chi connectivity index (χ0n) is 19.2. The van der Waals surface area contributed by atoms with Crippen molar-refractivity contribution in [2.75, 3.05) is 31.3 Å². The van der Waals surface area contributed by atoms with Crippen LogP contribution in [0.25, 0.3) is 0 Å². The average Bonchev–Trinajstić information content (AvgIpc) is 2.77. The Morgan fingerprint density at radius 3 is 2.22 bits per heavy atom. The number of rotatable bonds is 10. The molecule has 0 spiro atoms. The number of likely N-dealkylation sites (N-methyl/N-ethyl adjacent to an activating group) is 1. The molecule has 0 radical (unpaired) electrons. The number of nitrogens with one attached hydrogen (secondary N) is 1. The van der Waals surface area contributed by atoms with Crippen LogP contribution < -0.4 is 14.4 Å². The first-order chi connectivity index (χ1) is 15.1. The minimum atomic E-state index is -3.74. The minimum Gasteiger partial charge on any atom is -0.497 e. The second-order valence-corrected chi connectivity index (χ2v) is 9.37. The number of ether oxygens (including phenoxy) is 1. The highest BCUT2D eigenvalue weighted by Crippen LogP contribution is 2.23. The van der Waals surface area contributed by atoms with Gasteiger partial charge in [-0.25, -0.2) is 8.42 Å². The van der Waals surface area contributed by atoms with E-state index in [0.717, 1.165) is 21.7 Å². The van der Waals surface area contributed by atoms with E-state index in [4.69, 9.17) is 4.74 Å². The predicted octanol–water partition coefficient (Wildman–Crippen LogP) is 2.32. The Kier molecular flexibility index (Phi) is 8.65. The lowest BCUT2D eigenvalue weighted by Gasteiger charge is -2.33. The SMILES string of the molecule is CC[C@H](C(=O)NC)N(Cc1ccc(OC)cc1)C(=O)CN(c1ccccc1C)S(C)(=O)=O. The maximum absolute atomic E-state index is 13.4. The van der Waals surface area contributed by atoms with Crippen LogP contribution in [0.2, 0.25) is 0 Å². The van der Waals surface area contributed by atoms with Gasteiger partial charge in [-0.2, -0.15) is 0 Å². The Bertz CT molecular complexity index is 1040. The van der Waals surface area contributed by atoms with Crippen LogP contribution in [-0.4, -0.2) is 58.1 Å². The summed E-state index contributed by atoms with van der Waals surface area (Å²) in [5.41, 5.74) is 1.95. The number of aryl methyl sites for hydroxylation is 1. The van der Waals surface area contributed by atoms with E-state index in [9.17, 15) is 18.0 Å². The van der Waals surface area contributed by atoms with Gasteiger partial charge in [-0.05, 0) is 42.7 Å². The molecule has 0 heterocycles. The van der Waals surface area contributed by atoms with Gasteiger partial charge in [0, 0.05) is 13.6 Å².